The summed E-state index contributed by atoms with van der Waals surface area (Å²) in [4.78, 5) is 12.8. The van der Waals surface area contributed by atoms with Crippen LogP contribution >= 0.6 is 0 Å². The Morgan fingerprint density at radius 2 is 1.38 bits per heavy atom. The maximum absolute atomic E-state index is 13.2. The maximum Gasteiger partial charge on any atom is 0.262 e. The Bertz CT molecular complexity index is 1360. The molecular weight excluding hydrogens is 420 g/mol. The molecule has 0 unspecified atom stereocenters. The van der Waals surface area contributed by atoms with Crippen LogP contribution in [-0.2, 0) is 10.0 Å². The molecule has 5 nitrogen and oxygen atoms in total. The minimum Gasteiger partial charge on any atom is -0.321 e. The second kappa shape index (κ2) is 8.85. The molecule has 0 bridgehead atoms. The molecule has 0 atom stereocenters. The van der Waals surface area contributed by atoms with Crippen molar-refractivity contribution in [2.45, 2.75) is 24.7 Å². The average molecular weight is 445 g/mol. The zero-order valence-electron chi connectivity index (χ0n) is 17.9. The first-order chi connectivity index (χ1) is 15.3. The van der Waals surface area contributed by atoms with Crippen LogP contribution in [-0.4, -0.2) is 14.3 Å². The van der Waals surface area contributed by atoms with Gasteiger partial charge in [-0.05, 0) is 47.9 Å². The molecule has 0 aliphatic rings. The number of benzene rings is 4. The first kappa shape index (κ1) is 21.6. The van der Waals surface area contributed by atoms with Crippen LogP contribution in [0.1, 0.15) is 35.7 Å². The minimum absolute atomic E-state index is 0.152. The molecule has 0 aromatic heterocycles. The second-order valence-electron chi connectivity index (χ2n) is 7.86. The van der Waals surface area contributed by atoms with Crippen molar-refractivity contribution in [1.29, 1.82) is 0 Å². The summed E-state index contributed by atoms with van der Waals surface area (Å²) in [5, 5.41) is 4.07. The van der Waals surface area contributed by atoms with Gasteiger partial charge in [-0.1, -0.05) is 68.4 Å². The summed E-state index contributed by atoms with van der Waals surface area (Å²) in [7, 11) is -3.83. The van der Waals surface area contributed by atoms with Crippen molar-refractivity contribution in [3.05, 3.63) is 102 Å². The van der Waals surface area contributed by atoms with Crippen molar-refractivity contribution in [3.8, 4) is 0 Å². The molecule has 32 heavy (non-hydrogen) atoms. The van der Waals surface area contributed by atoms with Gasteiger partial charge in [0.05, 0.1) is 4.90 Å². The summed E-state index contributed by atoms with van der Waals surface area (Å²) in [6.45, 7) is 4.17. The Morgan fingerprint density at radius 3 is 2.03 bits per heavy atom. The molecule has 6 heteroatoms. The monoisotopic (exact) mass is 444 g/mol. The predicted octanol–water partition coefficient (Wildman–Crippen LogP) is 6.02. The fourth-order valence-electron chi connectivity index (χ4n) is 3.54. The number of hydrogen-bond acceptors (Lipinski definition) is 3. The Morgan fingerprint density at radius 1 is 0.750 bits per heavy atom. The lowest BCUT2D eigenvalue weighted by molar-refractivity contribution is 0.102. The molecule has 4 aromatic rings. The first-order valence-corrected chi connectivity index (χ1v) is 11.8. The summed E-state index contributed by atoms with van der Waals surface area (Å²) in [5.41, 5.74) is 2.71. The van der Waals surface area contributed by atoms with E-state index in [9.17, 15) is 13.2 Å². The van der Waals surface area contributed by atoms with E-state index in [1.54, 1.807) is 60.7 Å². The van der Waals surface area contributed by atoms with E-state index in [0.29, 0.717) is 33.6 Å². The van der Waals surface area contributed by atoms with Gasteiger partial charge >= 0.3 is 0 Å². The third kappa shape index (κ3) is 4.50. The van der Waals surface area contributed by atoms with Crippen molar-refractivity contribution in [2.75, 3.05) is 10.0 Å². The lowest BCUT2D eigenvalue weighted by Gasteiger charge is -2.14. The summed E-state index contributed by atoms with van der Waals surface area (Å²) in [5.74, 6) is 0.109. The number of anilines is 2. The van der Waals surface area contributed by atoms with E-state index in [0.717, 1.165) is 5.56 Å². The average Bonchev–Trinajstić information content (AvgIpc) is 2.79. The minimum atomic E-state index is -3.83. The zero-order chi connectivity index (χ0) is 22.7. The molecule has 0 heterocycles. The smallest absolute Gasteiger partial charge is 0.262 e. The highest BCUT2D eigenvalue weighted by molar-refractivity contribution is 7.93. The van der Waals surface area contributed by atoms with E-state index < -0.39 is 10.0 Å². The quantitative estimate of drug-likeness (QED) is 0.382. The highest BCUT2D eigenvalue weighted by atomic mass is 32.2. The van der Waals surface area contributed by atoms with Gasteiger partial charge < -0.3 is 5.32 Å². The topological polar surface area (TPSA) is 75.3 Å². The van der Waals surface area contributed by atoms with Crippen LogP contribution in [0.15, 0.2) is 95.9 Å². The number of nitrogens with one attached hydrogen (secondary N) is 2. The first-order valence-electron chi connectivity index (χ1n) is 10.4. The van der Waals surface area contributed by atoms with Gasteiger partial charge in [0.25, 0.3) is 15.9 Å². The third-order valence-corrected chi connectivity index (χ3v) is 6.73. The van der Waals surface area contributed by atoms with Crippen LogP contribution in [0.25, 0.3) is 10.8 Å². The van der Waals surface area contributed by atoms with Gasteiger partial charge in [-0.2, -0.15) is 0 Å². The summed E-state index contributed by atoms with van der Waals surface area (Å²) in [6.07, 6.45) is 0. The zero-order valence-corrected chi connectivity index (χ0v) is 18.7. The molecule has 0 spiro atoms. The molecule has 2 N–H and O–H groups in total. The molecule has 162 valence electrons. The largest absolute Gasteiger partial charge is 0.321 e. The molecule has 0 radical (unpaired) electrons. The lowest BCUT2D eigenvalue weighted by atomic mass is 10.0. The lowest BCUT2D eigenvalue weighted by Crippen LogP contribution is -2.15. The van der Waals surface area contributed by atoms with Crippen molar-refractivity contribution in [2.24, 2.45) is 0 Å². The maximum atomic E-state index is 13.2. The Kier molecular flexibility index (Phi) is 5.97. The van der Waals surface area contributed by atoms with Gasteiger partial charge in [-0.15, -0.1) is 0 Å². The normalized spacial score (nSPS) is 11.5. The van der Waals surface area contributed by atoms with Gasteiger partial charge in [0.1, 0.15) is 0 Å². The highest BCUT2D eigenvalue weighted by Gasteiger charge is 2.20. The van der Waals surface area contributed by atoms with Gasteiger partial charge in [-0.25, -0.2) is 8.42 Å². The molecule has 0 saturated heterocycles. The van der Waals surface area contributed by atoms with Crippen molar-refractivity contribution >= 4 is 38.1 Å². The number of hydrogen-bond donors (Lipinski definition) is 2. The van der Waals surface area contributed by atoms with Gasteiger partial charge in [0.15, 0.2) is 0 Å². The van der Waals surface area contributed by atoms with Crippen molar-refractivity contribution in [1.82, 2.24) is 0 Å². The van der Waals surface area contributed by atoms with E-state index >= 15 is 0 Å². The predicted molar refractivity (Wildman–Crippen MR) is 130 cm³/mol. The highest BCUT2D eigenvalue weighted by Crippen LogP contribution is 2.31. The molecule has 4 aromatic carbocycles. The summed E-state index contributed by atoms with van der Waals surface area (Å²) < 4.78 is 29.0. The molecular formula is C26H24N2O3S. The fraction of sp³-hybridized carbons (Fsp3) is 0.115. The molecule has 4 rings (SSSR count). The van der Waals surface area contributed by atoms with Crippen molar-refractivity contribution < 1.29 is 13.2 Å². The molecule has 0 aliphatic carbocycles. The van der Waals surface area contributed by atoms with Crippen LogP contribution in [0.4, 0.5) is 11.4 Å². The van der Waals surface area contributed by atoms with E-state index in [4.69, 9.17) is 0 Å². The number of carbonyl (C=O) groups excluding carboxylic acids is 1. The molecule has 0 aliphatic heterocycles. The fourth-order valence-corrected chi connectivity index (χ4v) is 4.82. The van der Waals surface area contributed by atoms with Crippen LogP contribution < -0.4 is 10.0 Å². The van der Waals surface area contributed by atoms with Crippen LogP contribution in [0.3, 0.4) is 0 Å². The second-order valence-corrected chi connectivity index (χ2v) is 9.51. The summed E-state index contributed by atoms with van der Waals surface area (Å²) in [6, 6.07) is 26.5. The van der Waals surface area contributed by atoms with Crippen molar-refractivity contribution in [3.63, 3.8) is 0 Å². The van der Waals surface area contributed by atoms with Crippen LogP contribution in [0.5, 0.6) is 0 Å². The van der Waals surface area contributed by atoms with E-state index in [1.807, 2.05) is 24.3 Å². The Balaban J connectivity index is 1.68. The number of fused-ring (bicyclic) bond motifs is 1. The van der Waals surface area contributed by atoms with Crippen LogP contribution in [0.2, 0.25) is 0 Å². The Hall–Kier alpha value is -3.64. The Labute approximate surface area is 188 Å². The van der Waals surface area contributed by atoms with Crippen LogP contribution in [0, 0.1) is 0 Å². The SMILES string of the molecule is CC(C)c1ccc(NS(=O)(=O)c2ccc(NC(=O)c3ccccc3)c3ccccc23)cc1. The molecule has 0 fully saturated rings. The van der Waals surface area contributed by atoms with E-state index in [1.165, 1.54) is 6.07 Å². The number of sulfonamides is 1. The van der Waals surface area contributed by atoms with E-state index in [2.05, 4.69) is 23.9 Å². The molecule has 1 amide bonds. The molecule has 0 saturated carbocycles. The number of carbonyl (C=O) groups is 1. The van der Waals surface area contributed by atoms with E-state index in [-0.39, 0.29) is 10.8 Å². The summed E-state index contributed by atoms with van der Waals surface area (Å²) >= 11 is 0. The number of rotatable bonds is 6. The number of amides is 1. The van der Waals surface area contributed by atoms with Gasteiger partial charge in [0.2, 0.25) is 0 Å². The van der Waals surface area contributed by atoms with Gasteiger partial charge in [0, 0.05) is 27.7 Å². The van der Waals surface area contributed by atoms with Gasteiger partial charge in [-0.3, -0.25) is 9.52 Å². The third-order valence-electron chi connectivity index (χ3n) is 5.29. The standard InChI is InChI=1S/C26H24N2O3S/c1-18(2)19-12-14-21(15-13-19)28-32(30,31)25-17-16-24(22-10-6-7-11-23(22)25)27-26(29)20-8-4-3-5-9-20/h3-18,28H,1-2H3,(H,27,29).